The zero-order valence-electron chi connectivity index (χ0n) is 19.1. The van der Waals surface area contributed by atoms with Gasteiger partial charge in [0.1, 0.15) is 11.8 Å². The van der Waals surface area contributed by atoms with E-state index in [1.165, 1.54) is 5.56 Å². The Bertz CT molecular complexity index is 875. The highest BCUT2D eigenvalue weighted by Crippen LogP contribution is 2.15. The summed E-state index contributed by atoms with van der Waals surface area (Å²) in [5, 5.41) is 5.79. The number of hydrogen-bond donors (Lipinski definition) is 2. The number of carbonyl (C=O) groups is 2. The SMILES string of the molecule is CCOc1ccc(C(=O)N[C@H](C(=O)Nc2ccc(CN3CCOCC3)cc2)C(C)C)cc1. The number of nitrogens with zero attached hydrogens (tertiary/aromatic N) is 1. The van der Waals surface area contributed by atoms with Gasteiger partial charge in [0, 0.05) is 30.9 Å². The van der Waals surface area contributed by atoms with Crippen LogP contribution in [0.25, 0.3) is 0 Å². The molecule has 0 saturated carbocycles. The van der Waals surface area contributed by atoms with Crippen LogP contribution in [0.2, 0.25) is 0 Å². The van der Waals surface area contributed by atoms with Crippen molar-refractivity contribution in [2.45, 2.75) is 33.4 Å². The van der Waals surface area contributed by atoms with Gasteiger partial charge < -0.3 is 20.1 Å². The van der Waals surface area contributed by atoms with Crippen molar-refractivity contribution in [3.05, 3.63) is 59.7 Å². The predicted octanol–water partition coefficient (Wildman–Crippen LogP) is 3.31. The number of anilines is 1. The molecule has 1 atom stereocenters. The first kappa shape index (κ1) is 23.8. The van der Waals surface area contributed by atoms with Gasteiger partial charge in [-0.1, -0.05) is 26.0 Å². The van der Waals surface area contributed by atoms with E-state index in [2.05, 4.69) is 15.5 Å². The van der Waals surface area contributed by atoms with Crippen molar-refractivity contribution < 1.29 is 19.1 Å². The molecular weight excluding hydrogens is 406 g/mol. The Balaban J connectivity index is 1.57. The highest BCUT2D eigenvalue weighted by Gasteiger charge is 2.25. The average molecular weight is 440 g/mol. The third-order valence-electron chi connectivity index (χ3n) is 5.39. The molecule has 1 aliphatic rings. The molecule has 2 aromatic rings. The summed E-state index contributed by atoms with van der Waals surface area (Å²) in [5.74, 6) is 0.115. The Labute approximate surface area is 190 Å². The number of ether oxygens (including phenoxy) is 2. The molecule has 1 heterocycles. The first-order valence-corrected chi connectivity index (χ1v) is 11.2. The van der Waals surface area contributed by atoms with E-state index < -0.39 is 6.04 Å². The number of carbonyl (C=O) groups excluding carboxylic acids is 2. The number of amides is 2. The van der Waals surface area contributed by atoms with Gasteiger partial charge in [-0.05, 0) is 54.8 Å². The summed E-state index contributed by atoms with van der Waals surface area (Å²) >= 11 is 0. The second-order valence-corrected chi connectivity index (χ2v) is 8.23. The van der Waals surface area contributed by atoms with Crippen LogP contribution in [-0.2, 0) is 16.1 Å². The van der Waals surface area contributed by atoms with E-state index in [1.54, 1.807) is 24.3 Å². The third-order valence-corrected chi connectivity index (χ3v) is 5.39. The molecule has 7 nitrogen and oxygen atoms in total. The Morgan fingerprint density at radius 1 is 1.03 bits per heavy atom. The molecule has 0 aliphatic carbocycles. The number of benzene rings is 2. The summed E-state index contributed by atoms with van der Waals surface area (Å²) in [6.45, 7) is 10.6. The fraction of sp³-hybridized carbons (Fsp3) is 0.440. The number of rotatable bonds is 9. The minimum atomic E-state index is -0.651. The molecule has 2 aromatic carbocycles. The maximum absolute atomic E-state index is 12.9. The lowest BCUT2D eigenvalue weighted by Gasteiger charge is -2.26. The van der Waals surface area contributed by atoms with Gasteiger partial charge >= 0.3 is 0 Å². The molecule has 2 amide bonds. The van der Waals surface area contributed by atoms with Gasteiger partial charge in [-0.15, -0.1) is 0 Å². The van der Waals surface area contributed by atoms with Gasteiger partial charge in [0.25, 0.3) is 5.91 Å². The summed E-state index contributed by atoms with van der Waals surface area (Å²) in [5.41, 5.74) is 2.38. The van der Waals surface area contributed by atoms with Gasteiger partial charge in [-0.3, -0.25) is 14.5 Å². The van der Waals surface area contributed by atoms with Gasteiger partial charge in [-0.25, -0.2) is 0 Å². The normalized spacial score (nSPS) is 15.2. The molecule has 0 bridgehead atoms. The molecule has 0 unspecified atom stereocenters. The molecule has 7 heteroatoms. The molecule has 1 saturated heterocycles. The van der Waals surface area contributed by atoms with Crippen LogP contribution in [0.5, 0.6) is 5.75 Å². The van der Waals surface area contributed by atoms with Gasteiger partial charge in [0.2, 0.25) is 5.91 Å². The van der Waals surface area contributed by atoms with E-state index in [0.29, 0.717) is 23.6 Å². The lowest BCUT2D eigenvalue weighted by molar-refractivity contribution is -0.118. The third kappa shape index (κ3) is 6.80. The van der Waals surface area contributed by atoms with E-state index in [9.17, 15) is 9.59 Å². The standard InChI is InChI=1S/C25H33N3O4/c1-4-32-22-11-7-20(8-12-22)24(29)27-23(18(2)3)25(30)26-21-9-5-19(6-10-21)17-28-13-15-31-16-14-28/h5-12,18,23H,4,13-17H2,1-3H3,(H,26,30)(H,27,29)/t23-/m0/s1. The van der Waals surface area contributed by atoms with Crippen molar-refractivity contribution in [2.75, 3.05) is 38.2 Å². The highest BCUT2D eigenvalue weighted by atomic mass is 16.5. The molecule has 1 aliphatic heterocycles. The minimum absolute atomic E-state index is 0.0674. The molecule has 1 fully saturated rings. The maximum Gasteiger partial charge on any atom is 0.251 e. The van der Waals surface area contributed by atoms with E-state index in [-0.39, 0.29) is 17.7 Å². The number of morpholine rings is 1. The molecule has 172 valence electrons. The first-order valence-electron chi connectivity index (χ1n) is 11.2. The van der Waals surface area contributed by atoms with E-state index in [1.807, 2.05) is 45.0 Å². The van der Waals surface area contributed by atoms with Crippen LogP contribution in [-0.4, -0.2) is 55.7 Å². The molecular formula is C25H33N3O4. The van der Waals surface area contributed by atoms with Gasteiger partial charge in [0.15, 0.2) is 0 Å². The summed E-state index contributed by atoms with van der Waals surface area (Å²) in [4.78, 5) is 27.9. The Hall–Kier alpha value is -2.90. The van der Waals surface area contributed by atoms with Crippen LogP contribution in [0, 0.1) is 5.92 Å². The van der Waals surface area contributed by atoms with Crippen LogP contribution < -0.4 is 15.4 Å². The van der Waals surface area contributed by atoms with Gasteiger partial charge in [-0.2, -0.15) is 0 Å². The van der Waals surface area contributed by atoms with Crippen LogP contribution >= 0.6 is 0 Å². The molecule has 2 N–H and O–H groups in total. The molecule has 0 radical (unpaired) electrons. The molecule has 3 rings (SSSR count). The topological polar surface area (TPSA) is 79.9 Å². The monoisotopic (exact) mass is 439 g/mol. The Morgan fingerprint density at radius 2 is 1.69 bits per heavy atom. The van der Waals surface area contributed by atoms with Crippen molar-refractivity contribution in [2.24, 2.45) is 5.92 Å². The second kappa shape index (κ2) is 11.6. The lowest BCUT2D eigenvalue weighted by atomic mass is 10.0. The van der Waals surface area contributed by atoms with E-state index in [0.717, 1.165) is 32.8 Å². The molecule has 32 heavy (non-hydrogen) atoms. The van der Waals surface area contributed by atoms with Crippen molar-refractivity contribution in [1.82, 2.24) is 10.2 Å². The van der Waals surface area contributed by atoms with Crippen LogP contribution in [0.3, 0.4) is 0 Å². The summed E-state index contributed by atoms with van der Waals surface area (Å²) < 4.78 is 10.8. The lowest BCUT2D eigenvalue weighted by Crippen LogP contribution is -2.47. The quantitative estimate of drug-likeness (QED) is 0.627. The Kier molecular flexibility index (Phi) is 8.64. The smallest absolute Gasteiger partial charge is 0.251 e. The van der Waals surface area contributed by atoms with Crippen molar-refractivity contribution in [1.29, 1.82) is 0 Å². The van der Waals surface area contributed by atoms with Crippen LogP contribution in [0.15, 0.2) is 48.5 Å². The maximum atomic E-state index is 12.9. The average Bonchev–Trinajstić information content (AvgIpc) is 2.79. The second-order valence-electron chi connectivity index (χ2n) is 8.23. The van der Waals surface area contributed by atoms with E-state index >= 15 is 0 Å². The zero-order valence-corrected chi connectivity index (χ0v) is 19.1. The summed E-state index contributed by atoms with van der Waals surface area (Å²) in [6, 6.07) is 14.1. The van der Waals surface area contributed by atoms with Crippen molar-refractivity contribution >= 4 is 17.5 Å². The largest absolute Gasteiger partial charge is 0.494 e. The van der Waals surface area contributed by atoms with Gasteiger partial charge in [0.05, 0.1) is 19.8 Å². The van der Waals surface area contributed by atoms with E-state index in [4.69, 9.17) is 9.47 Å². The number of nitrogens with one attached hydrogen (secondary N) is 2. The first-order chi connectivity index (χ1) is 15.5. The fourth-order valence-corrected chi connectivity index (χ4v) is 3.56. The predicted molar refractivity (Wildman–Crippen MR) is 125 cm³/mol. The minimum Gasteiger partial charge on any atom is -0.494 e. The zero-order chi connectivity index (χ0) is 22.9. The summed E-state index contributed by atoms with van der Waals surface area (Å²) in [6.07, 6.45) is 0. The van der Waals surface area contributed by atoms with Crippen LogP contribution in [0.4, 0.5) is 5.69 Å². The summed E-state index contributed by atoms with van der Waals surface area (Å²) in [7, 11) is 0. The van der Waals surface area contributed by atoms with Crippen molar-refractivity contribution in [3.8, 4) is 5.75 Å². The highest BCUT2D eigenvalue weighted by molar-refractivity contribution is 6.01. The van der Waals surface area contributed by atoms with Crippen LogP contribution in [0.1, 0.15) is 36.7 Å². The Morgan fingerprint density at radius 3 is 2.28 bits per heavy atom. The number of hydrogen-bond acceptors (Lipinski definition) is 5. The van der Waals surface area contributed by atoms with Crippen molar-refractivity contribution in [3.63, 3.8) is 0 Å². The molecule has 0 spiro atoms. The fourth-order valence-electron chi connectivity index (χ4n) is 3.56. The molecule has 0 aromatic heterocycles.